The van der Waals surface area contributed by atoms with Gasteiger partial charge in [-0.3, -0.25) is 14.4 Å². The molecule has 0 spiro atoms. The molecule has 8 nitrogen and oxygen atoms in total. The molecule has 35 heavy (non-hydrogen) atoms. The molecule has 1 aromatic carbocycles. The Kier molecular flexibility index (Phi) is 6.66. The zero-order chi connectivity index (χ0) is 24.4. The number of aromatic nitrogens is 3. The van der Waals surface area contributed by atoms with E-state index in [1.54, 1.807) is 17.0 Å². The molecule has 4 heterocycles. The second kappa shape index (κ2) is 10.0. The van der Waals surface area contributed by atoms with Crippen molar-refractivity contribution < 1.29 is 9.21 Å². The van der Waals surface area contributed by atoms with E-state index in [9.17, 15) is 4.79 Å². The number of likely N-dealkylation sites (N-methyl/N-ethyl adjacent to an activating group) is 1. The van der Waals surface area contributed by atoms with Gasteiger partial charge >= 0.3 is 0 Å². The number of rotatable bonds is 7. The molecular formula is C27H32N6O2. The summed E-state index contributed by atoms with van der Waals surface area (Å²) in [5.74, 6) is 0.464. The van der Waals surface area contributed by atoms with Gasteiger partial charge < -0.3 is 14.6 Å². The van der Waals surface area contributed by atoms with Gasteiger partial charge in [0.15, 0.2) is 11.4 Å². The van der Waals surface area contributed by atoms with E-state index in [0.717, 1.165) is 55.9 Å². The predicted molar refractivity (Wildman–Crippen MR) is 136 cm³/mol. The molecule has 0 aliphatic carbocycles. The van der Waals surface area contributed by atoms with Gasteiger partial charge in [-0.25, -0.2) is 4.98 Å². The fraction of sp³-hybridized carbons (Fsp3) is 0.370. The van der Waals surface area contributed by atoms with Crippen LogP contribution in [0.5, 0.6) is 0 Å². The van der Waals surface area contributed by atoms with Gasteiger partial charge in [-0.2, -0.15) is 5.10 Å². The van der Waals surface area contributed by atoms with Crippen LogP contribution >= 0.6 is 0 Å². The zero-order valence-corrected chi connectivity index (χ0v) is 20.6. The second-order valence-electron chi connectivity index (χ2n) is 9.15. The minimum Gasteiger partial charge on any atom is -0.463 e. The van der Waals surface area contributed by atoms with E-state index in [0.29, 0.717) is 29.2 Å². The van der Waals surface area contributed by atoms with Gasteiger partial charge in [0.2, 0.25) is 0 Å². The van der Waals surface area contributed by atoms with Crippen LogP contribution in [0.2, 0.25) is 0 Å². The number of fused-ring (bicyclic) bond motifs is 1. The molecule has 1 aliphatic heterocycles. The zero-order valence-electron chi connectivity index (χ0n) is 20.6. The summed E-state index contributed by atoms with van der Waals surface area (Å²) in [6.45, 7) is 11.2. The van der Waals surface area contributed by atoms with Crippen LogP contribution in [0.4, 0.5) is 0 Å². The van der Waals surface area contributed by atoms with Crippen molar-refractivity contribution in [3.05, 3.63) is 71.1 Å². The molecular weight excluding hydrogens is 440 g/mol. The Bertz CT molecular complexity index is 1300. The lowest BCUT2D eigenvalue weighted by Gasteiger charge is -2.34. The highest BCUT2D eigenvalue weighted by Crippen LogP contribution is 2.27. The van der Waals surface area contributed by atoms with Crippen LogP contribution in [-0.4, -0.2) is 63.2 Å². The molecule has 1 fully saturated rings. The van der Waals surface area contributed by atoms with Crippen molar-refractivity contribution in [3.63, 3.8) is 0 Å². The van der Waals surface area contributed by atoms with Gasteiger partial charge in [0.1, 0.15) is 5.69 Å². The fourth-order valence-electron chi connectivity index (χ4n) is 4.74. The second-order valence-corrected chi connectivity index (χ2v) is 9.15. The highest BCUT2D eigenvalue weighted by Gasteiger charge is 2.20. The maximum Gasteiger partial charge on any atom is 0.252 e. The third kappa shape index (κ3) is 4.99. The number of amides is 1. The number of nitrogens with one attached hydrogen (secondary N) is 1. The standard InChI is InChI=1S/C27H32N6O2/c1-4-32-11-13-33(14-12-32)18-21-9-7-20(8-10-21)17-28-27(34)22-16-23(24-6-5-15-35-24)29-26-25(22)19(2)30-31(26)3/h5-10,15-16H,4,11-14,17-18H2,1-3H3,(H,28,34). The smallest absolute Gasteiger partial charge is 0.252 e. The number of benzene rings is 1. The van der Waals surface area contributed by atoms with E-state index in [4.69, 9.17) is 4.42 Å². The molecule has 3 aromatic heterocycles. The first-order valence-electron chi connectivity index (χ1n) is 12.2. The van der Waals surface area contributed by atoms with Crippen LogP contribution in [0.3, 0.4) is 0 Å². The van der Waals surface area contributed by atoms with Crippen LogP contribution in [0.15, 0.2) is 53.1 Å². The molecule has 1 amide bonds. The molecule has 4 aromatic rings. The van der Waals surface area contributed by atoms with Crippen molar-refractivity contribution in [2.75, 3.05) is 32.7 Å². The number of carbonyl (C=O) groups excluding carboxylic acids is 1. The van der Waals surface area contributed by atoms with E-state index in [1.165, 1.54) is 5.56 Å². The lowest BCUT2D eigenvalue weighted by molar-refractivity contribution is 0.0952. The van der Waals surface area contributed by atoms with Crippen molar-refractivity contribution in [3.8, 4) is 11.5 Å². The minimum atomic E-state index is -0.154. The summed E-state index contributed by atoms with van der Waals surface area (Å²) < 4.78 is 7.23. The summed E-state index contributed by atoms with van der Waals surface area (Å²) in [4.78, 5) is 23.0. The number of hydrogen-bond acceptors (Lipinski definition) is 6. The van der Waals surface area contributed by atoms with Gasteiger partial charge in [0.05, 0.1) is 22.9 Å². The van der Waals surface area contributed by atoms with Crippen LogP contribution in [-0.2, 0) is 20.1 Å². The number of pyridine rings is 1. The maximum absolute atomic E-state index is 13.3. The molecule has 0 radical (unpaired) electrons. The lowest BCUT2D eigenvalue weighted by Crippen LogP contribution is -2.45. The maximum atomic E-state index is 13.3. The number of piperazine rings is 1. The van der Waals surface area contributed by atoms with Gasteiger partial charge in [0.25, 0.3) is 5.91 Å². The van der Waals surface area contributed by atoms with E-state index >= 15 is 0 Å². The fourth-order valence-corrected chi connectivity index (χ4v) is 4.74. The first kappa shape index (κ1) is 23.3. The number of nitrogens with zero attached hydrogens (tertiary/aromatic N) is 5. The van der Waals surface area contributed by atoms with Crippen LogP contribution in [0, 0.1) is 6.92 Å². The SMILES string of the molecule is CCN1CCN(Cc2ccc(CNC(=O)c3cc(-c4ccco4)nc4c3c(C)nn4C)cc2)CC1. The van der Waals surface area contributed by atoms with Crippen molar-refractivity contribution in [2.45, 2.75) is 26.9 Å². The predicted octanol–water partition coefficient (Wildman–Crippen LogP) is 3.60. The number of carbonyl (C=O) groups is 1. The Morgan fingerprint density at radius 3 is 2.46 bits per heavy atom. The first-order valence-corrected chi connectivity index (χ1v) is 12.2. The number of hydrogen-bond donors (Lipinski definition) is 1. The third-order valence-electron chi connectivity index (χ3n) is 6.78. The molecule has 8 heteroatoms. The third-order valence-corrected chi connectivity index (χ3v) is 6.78. The van der Waals surface area contributed by atoms with E-state index in [-0.39, 0.29) is 5.91 Å². The first-order chi connectivity index (χ1) is 17.0. The van der Waals surface area contributed by atoms with Crippen LogP contribution in [0.1, 0.15) is 34.1 Å². The molecule has 0 atom stereocenters. The monoisotopic (exact) mass is 472 g/mol. The number of furan rings is 1. The van der Waals surface area contributed by atoms with Crippen molar-refractivity contribution in [1.29, 1.82) is 0 Å². The largest absolute Gasteiger partial charge is 0.463 e. The van der Waals surface area contributed by atoms with Crippen molar-refractivity contribution in [1.82, 2.24) is 29.9 Å². The molecule has 0 saturated carbocycles. The van der Waals surface area contributed by atoms with E-state index in [1.807, 2.05) is 26.1 Å². The van der Waals surface area contributed by atoms with Gasteiger partial charge in [-0.15, -0.1) is 0 Å². The summed E-state index contributed by atoms with van der Waals surface area (Å²) in [6.07, 6.45) is 1.60. The topological polar surface area (TPSA) is 79.4 Å². The Hall–Kier alpha value is -3.49. The summed E-state index contributed by atoms with van der Waals surface area (Å²) in [5, 5.41) is 8.32. The molecule has 1 N–H and O–H groups in total. The normalized spacial score (nSPS) is 15.1. The van der Waals surface area contributed by atoms with Gasteiger partial charge in [0, 0.05) is 46.3 Å². The highest BCUT2D eigenvalue weighted by atomic mass is 16.3. The molecule has 1 aliphatic rings. The summed E-state index contributed by atoms with van der Waals surface area (Å²) in [6, 6.07) is 14.0. The summed E-state index contributed by atoms with van der Waals surface area (Å²) in [5.41, 5.74) is 4.96. The summed E-state index contributed by atoms with van der Waals surface area (Å²) in [7, 11) is 1.83. The van der Waals surface area contributed by atoms with Crippen LogP contribution in [0.25, 0.3) is 22.5 Å². The molecule has 1 saturated heterocycles. The molecule has 182 valence electrons. The minimum absolute atomic E-state index is 0.154. The van der Waals surface area contributed by atoms with Crippen molar-refractivity contribution in [2.24, 2.45) is 7.05 Å². The van der Waals surface area contributed by atoms with Gasteiger partial charge in [-0.1, -0.05) is 31.2 Å². The summed E-state index contributed by atoms with van der Waals surface area (Å²) >= 11 is 0. The Labute approximate surface area is 205 Å². The lowest BCUT2D eigenvalue weighted by atomic mass is 10.1. The quantitative estimate of drug-likeness (QED) is 0.443. The molecule has 0 unspecified atom stereocenters. The van der Waals surface area contributed by atoms with Gasteiger partial charge in [-0.05, 0) is 42.8 Å². The average Bonchev–Trinajstić information content (AvgIpc) is 3.52. The molecule has 5 rings (SSSR count). The Morgan fingerprint density at radius 1 is 1.06 bits per heavy atom. The van der Waals surface area contributed by atoms with Crippen molar-refractivity contribution >= 4 is 16.9 Å². The average molecular weight is 473 g/mol. The number of aryl methyl sites for hydroxylation is 2. The Morgan fingerprint density at radius 2 is 1.77 bits per heavy atom. The van der Waals surface area contributed by atoms with E-state index in [2.05, 4.69) is 56.4 Å². The molecule has 0 bridgehead atoms. The Balaban J connectivity index is 1.28. The highest BCUT2D eigenvalue weighted by molar-refractivity contribution is 6.07. The van der Waals surface area contributed by atoms with Crippen LogP contribution < -0.4 is 5.32 Å². The van der Waals surface area contributed by atoms with E-state index < -0.39 is 0 Å².